The van der Waals surface area contributed by atoms with Gasteiger partial charge in [0.15, 0.2) is 0 Å². The second kappa shape index (κ2) is 12.6. The molecule has 0 saturated carbocycles. The van der Waals surface area contributed by atoms with Gasteiger partial charge < -0.3 is 14.6 Å². The van der Waals surface area contributed by atoms with Crippen LogP contribution in [-0.2, 0) is 9.53 Å². The molecule has 1 amide bonds. The van der Waals surface area contributed by atoms with Crippen molar-refractivity contribution in [2.24, 2.45) is 0 Å². The number of halogens is 1. The Hall–Kier alpha value is -5.74. The zero-order valence-electron chi connectivity index (χ0n) is 22.8. The quantitative estimate of drug-likeness (QED) is 0.121. The third-order valence-corrected chi connectivity index (χ3v) is 6.57. The van der Waals surface area contributed by atoms with E-state index in [4.69, 9.17) is 4.74 Å². The first-order valence-electron chi connectivity index (χ1n) is 13.3. The van der Waals surface area contributed by atoms with Crippen molar-refractivity contribution >= 4 is 23.6 Å². The molecule has 0 saturated heterocycles. The van der Waals surface area contributed by atoms with E-state index in [2.05, 4.69) is 5.32 Å². The zero-order valence-corrected chi connectivity index (χ0v) is 22.8. The average Bonchev–Trinajstić information content (AvgIpc) is 3.41. The number of hydrogen-bond acceptors (Lipinski definition) is 4. The van der Waals surface area contributed by atoms with Gasteiger partial charge in [0.2, 0.25) is 0 Å². The van der Waals surface area contributed by atoms with Gasteiger partial charge in [-0.15, -0.1) is 0 Å². The summed E-state index contributed by atoms with van der Waals surface area (Å²) < 4.78 is 21.4. The lowest BCUT2D eigenvalue weighted by molar-refractivity contribution is -0.112. The Morgan fingerprint density at radius 3 is 2.12 bits per heavy atom. The van der Waals surface area contributed by atoms with E-state index in [0.29, 0.717) is 11.1 Å². The summed E-state index contributed by atoms with van der Waals surface area (Å²) in [6.07, 6.45) is 1.51. The number of nitriles is 1. The van der Waals surface area contributed by atoms with Crippen molar-refractivity contribution in [3.05, 3.63) is 138 Å². The number of carbonyl (C=O) groups is 2. The van der Waals surface area contributed by atoms with Gasteiger partial charge in [-0.05, 0) is 66.6 Å². The number of hydrogen-bond donors (Lipinski definition) is 1. The molecule has 7 heteroatoms. The molecule has 5 aromatic rings. The highest BCUT2D eigenvalue weighted by Crippen LogP contribution is 2.37. The Kier molecular flexibility index (Phi) is 8.36. The molecule has 1 N–H and O–H groups in total. The molecule has 0 radical (unpaired) electrons. The lowest BCUT2D eigenvalue weighted by atomic mass is 10.0. The number of nitrogens with one attached hydrogen (secondary N) is 1. The fraction of sp³-hybridized carbons (Fsp3) is 0.0571. The van der Waals surface area contributed by atoms with E-state index in [9.17, 15) is 19.2 Å². The number of anilines is 1. The fourth-order valence-electron chi connectivity index (χ4n) is 4.64. The summed E-state index contributed by atoms with van der Waals surface area (Å²) in [7, 11) is 0. The molecule has 0 fully saturated rings. The topological polar surface area (TPSA) is 84.1 Å². The molecule has 1 heterocycles. The monoisotopic (exact) mass is 555 g/mol. The van der Waals surface area contributed by atoms with Crippen LogP contribution < -0.4 is 5.32 Å². The number of carbonyl (C=O) groups excluding carboxylic acids is 2. The third-order valence-electron chi connectivity index (χ3n) is 6.57. The number of benzene rings is 4. The summed E-state index contributed by atoms with van der Waals surface area (Å²) >= 11 is 0. The Balaban J connectivity index is 1.71. The molecule has 0 aliphatic rings. The first kappa shape index (κ1) is 27.8. The fourth-order valence-corrected chi connectivity index (χ4v) is 4.64. The predicted molar refractivity (Wildman–Crippen MR) is 161 cm³/mol. The molecule has 0 atom stereocenters. The van der Waals surface area contributed by atoms with Gasteiger partial charge in [0.25, 0.3) is 5.91 Å². The van der Waals surface area contributed by atoms with E-state index < -0.39 is 17.7 Å². The first-order chi connectivity index (χ1) is 20.5. The number of amides is 1. The molecule has 1 aromatic heterocycles. The lowest BCUT2D eigenvalue weighted by Gasteiger charge is -2.15. The van der Waals surface area contributed by atoms with Crippen molar-refractivity contribution in [3.8, 4) is 34.3 Å². The summed E-state index contributed by atoms with van der Waals surface area (Å²) in [4.78, 5) is 25.4. The van der Waals surface area contributed by atoms with E-state index in [0.717, 1.165) is 28.2 Å². The molecule has 4 aromatic carbocycles. The first-order valence-corrected chi connectivity index (χ1v) is 13.3. The van der Waals surface area contributed by atoms with Gasteiger partial charge in [0.1, 0.15) is 17.5 Å². The molecule has 0 unspecified atom stereocenters. The van der Waals surface area contributed by atoms with Crippen LogP contribution in [0.2, 0.25) is 0 Å². The Morgan fingerprint density at radius 2 is 1.50 bits per heavy atom. The molecule has 206 valence electrons. The van der Waals surface area contributed by atoms with Crippen molar-refractivity contribution in [2.45, 2.75) is 6.92 Å². The highest BCUT2D eigenvalue weighted by atomic mass is 19.1. The highest BCUT2D eigenvalue weighted by Gasteiger charge is 2.21. The van der Waals surface area contributed by atoms with Gasteiger partial charge in [0.05, 0.1) is 29.2 Å². The molecule has 42 heavy (non-hydrogen) atoms. The Labute approximate surface area is 242 Å². The lowest BCUT2D eigenvalue weighted by Crippen LogP contribution is -2.14. The molecule has 0 bridgehead atoms. The van der Waals surface area contributed by atoms with Crippen molar-refractivity contribution in [3.63, 3.8) is 0 Å². The van der Waals surface area contributed by atoms with Gasteiger partial charge in [-0.1, -0.05) is 72.8 Å². The maximum Gasteiger partial charge on any atom is 0.338 e. The standard InChI is InChI=1S/C35H26FN3O3/c1-2-42-35(41)26-17-19-29(20-18-26)39-32(24-11-5-3-6-12-24)22-27(33(39)25-13-7-4-8-14-25)21-28(23-37)34(40)38-31-16-10-9-15-30(31)36/h3-22H,2H2,1H3,(H,38,40)/b28-21+. The number of ether oxygens (including phenoxy) is 1. The second-order valence-corrected chi connectivity index (χ2v) is 9.27. The van der Waals surface area contributed by atoms with Gasteiger partial charge in [-0.2, -0.15) is 5.26 Å². The van der Waals surface area contributed by atoms with Crippen LogP contribution in [0.3, 0.4) is 0 Å². The number of rotatable bonds is 8. The van der Waals surface area contributed by atoms with Crippen LogP contribution in [0, 0.1) is 17.1 Å². The number of para-hydroxylation sites is 1. The molecule has 0 spiro atoms. The van der Waals surface area contributed by atoms with Crippen molar-refractivity contribution < 1.29 is 18.7 Å². The summed E-state index contributed by atoms with van der Waals surface area (Å²) in [5, 5.41) is 12.5. The number of aromatic nitrogens is 1. The van der Waals surface area contributed by atoms with E-state index in [1.165, 1.54) is 24.3 Å². The molecule has 0 aliphatic carbocycles. The van der Waals surface area contributed by atoms with Crippen LogP contribution in [-0.4, -0.2) is 23.1 Å². The maximum absolute atomic E-state index is 14.2. The van der Waals surface area contributed by atoms with E-state index in [1.807, 2.05) is 89.5 Å². The Morgan fingerprint density at radius 1 is 0.881 bits per heavy atom. The molecular formula is C35H26FN3O3. The Bertz CT molecular complexity index is 1800. The minimum Gasteiger partial charge on any atom is -0.462 e. The minimum atomic E-state index is -0.727. The largest absolute Gasteiger partial charge is 0.462 e. The summed E-state index contributed by atoms with van der Waals surface area (Å²) in [6.45, 7) is 2.03. The average molecular weight is 556 g/mol. The third kappa shape index (κ3) is 5.88. The second-order valence-electron chi connectivity index (χ2n) is 9.27. The van der Waals surface area contributed by atoms with E-state index in [1.54, 1.807) is 25.1 Å². The number of nitrogens with zero attached hydrogens (tertiary/aromatic N) is 2. The maximum atomic E-state index is 14.2. The molecular weight excluding hydrogens is 529 g/mol. The predicted octanol–water partition coefficient (Wildman–Crippen LogP) is 7.67. The van der Waals surface area contributed by atoms with Crippen molar-refractivity contribution in [1.29, 1.82) is 5.26 Å². The molecule has 6 nitrogen and oxygen atoms in total. The molecule has 0 aliphatic heterocycles. The summed E-state index contributed by atoms with van der Waals surface area (Å²) in [5.41, 5.74) is 4.85. The minimum absolute atomic E-state index is 0.0174. The SMILES string of the molecule is CCOC(=O)c1ccc(-n2c(-c3ccccc3)cc(/C=C(\C#N)C(=O)Nc3ccccc3F)c2-c2ccccc2)cc1. The highest BCUT2D eigenvalue weighted by molar-refractivity contribution is 6.10. The summed E-state index contributed by atoms with van der Waals surface area (Å²) in [5.74, 6) is -1.74. The van der Waals surface area contributed by atoms with Crippen LogP contribution >= 0.6 is 0 Å². The van der Waals surface area contributed by atoms with Crippen LogP contribution in [0.15, 0.2) is 121 Å². The smallest absolute Gasteiger partial charge is 0.338 e. The van der Waals surface area contributed by atoms with Crippen LogP contribution in [0.25, 0.3) is 34.3 Å². The van der Waals surface area contributed by atoms with Gasteiger partial charge in [0, 0.05) is 11.3 Å². The molecule has 5 rings (SSSR count). The zero-order chi connectivity index (χ0) is 29.5. The van der Waals surface area contributed by atoms with Crippen molar-refractivity contribution in [2.75, 3.05) is 11.9 Å². The van der Waals surface area contributed by atoms with Crippen LogP contribution in [0.1, 0.15) is 22.8 Å². The van der Waals surface area contributed by atoms with Crippen molar-refractivity contribution in [1.82, 2.24) is 4.57 Å². The van der Waals surface area contributed by atoms with Crippen LogP contribution in [0.5, 0.6) is 0 Å². The van der Waals surface area contributed by atoms with Gasteiger partial charge in [-0.25, -0.2) is 9.18 Å². The normalized spacial score (nSPS) is 11.0. The van der Waals surface area contributed by atoms with Gasteiger partial charge in [-0.3, -0.25) is 4.79 Å². The summed E-state index contributed by atoms with van der Waals surface area (Å²) in [6, 6.07) is 36.0. The van der Waals surface area contributed by atoms with E-state index >= 15 is 0 Å². The van der Waals surface area contributed by atoms with Gasteiger partial charge >= 0.3 is 5.97 Å². The number of esters is 1. The van der Waals surface area contributed by atoms with Crippen LogP contribution in [0.4, 0.5) is 10.1 Å². The van der Waals surface area contributed by atoms with E-state index in [-0.39, 0.29) is 17.9 Å².